The molecule has 0 aliphatic carbocycles. The Balaban J connectivity index is 1.78. The molecule has 0 bridgehead atoms. The van der Waals surface area contributed by atoms with E-state index < -0.39 is 0 Å². The van der Waals surface area contributed by atoms with Crippen LogP contribution in [0.25, 0.3) is 6.08 Å². The maximum Gasteiger partial charge on any atom is 0.119 e. The summed E-state index contributed by atoms with van der Waals surface area (Å²) >= 11 is 0. The lowest BCUT2D eigenvalue weighted by Gasteiger charge is -2.06. The quantitative estimate of drug-likeness (QED) is 0.811. The van der Waals surface area contributed by atoms with Gasteiger partial charge in [0.05, 0.1) is 6.61 Å². The summed E-state index contributed by atoms with van der Waals surface area (Å²) < 4.78 is 5.30. The van der Waals surface area contributed by atoms with E-state index in [0.29, 0.717) is 6.61 Å². The second kappa shape index (κ2) is 8.02. The molecule has 2 aromatic rings. The molecule has 0 atom stereocenters. The molecule has 0 aliphatic heterocycles. The molecule has 3 heteroatoms. The van der Waals surface area contributed by atoms with Crippen molar-refractivity contribution in [1.29, 1.82) is 0 Å². The van der Waals surface area contributed by atoms with Gasteiger partial charge in [-0.05, 0) is 29.8 Å². The number of ether oxygens (including phenoxy) is 1. The third-order valence-corrected chi connectivity index (χ3v) is 2.75. The van der Waals surface area contributed by atoms with Crippen molar-refractivity contribution in [2.75, 3.05) is 25.1 Å². The van der Waals surface area contributed by atoms with Crippen molar-refractivity contribution in [2.45, 2.75) is 0 Å². The van der Waals surface area contributed by atoms with E-state index in [-0.39, 0.29) is 6.61 Å². The fourth-order valence-corrected chi connectivity index (χ4v) is 1.77. The Labute approximate surface area is 119 Å². The first-order valence-corrected chi connectivity index (χ1v) is 6.67. The number of nitrogens with one attached hydrogen (secondary N) is 1. The van der Waals surface area contributed by atoms with E-state index in [4.69, 9.17) is 9.84 Å². The van der Waals surface area contributed by atoms with Crippen LogP contribution in [0.3, 0.4) is 0 Å². The average Bonchev–Trinajstić information content (AvgIpc) is 2.52. The zero-order chi connectivity index (χ0) is 14.0. The van der Waals surface area contributed by atoms with E-state index in [9.17, 15) is 0 Å². The predicted molar refractivity (Wildman–Crippen MR) is 83.0 cm³/mol. The molecule has 0 saturated heterocycles. The van der Waals surface area contributed by atoms with Gasteiger partial charge in [0.15, 0.2) is 0 Å². The molecule has 3 nitrogen and oxygen atoms in total. The first kappa shape index (κ1) is 14.2. The van der Waals surface area contributed by atoms with Crippen LogP contribution in [-0.4, -0.2) is 24.9 Å². The van der Waals surface area contributed by atoms with Gasteiger partial charge in [-0.2, -0.15) is 0 Å². The summed E-state index contributed by atoms with van der Waals surface area (Å²) in [6, 6.07) is 17.9. The van der Waals surface area contributed by atoms with Crippen LogP contribution in [0.2, 0.25) is 0 Å². The van der Waals surface area contributed by atoms with Gasteiger partial charge < -0.3 is 15.2 Å². The van der Waals surface area contributed by atoms with Crippen LogP contribution in [0.15, 0.2) is 60.7 Å². The van der Waals surface area contributed by atoms with Crippen LogP contribution in [0, 0.1) is 0 Å². The minimum absolute atomic E-state index is 0.0320. The van der Waals surface area contributed by atoms with Gasteiger partial charge in [0.25, 0.3) is 0 Å². The summed E-state index contributed by atoms with van der Waals surface area (Å²) in [5.74, 6) is 0.768. The van der Waals surface area contributed by atoms with Crippen LogP contribution in [0.4, 0.5) is 5.69 Å². The molecule has 0 fully saturated rings. The summed E-state index contributed by atoms with van der Waals surface area (Å²) in [4.78, 5) is 0. The number of benzene rings is 2. The van der Waals surface area contributed by atoms with Crippen LogP contribution in [-0.2, 0) is 0 Å². The second-order valence-corrected chi connectivity index (χ2v) is 4.29. The lowest BCUT2D eigenvalue weighted by Crippen LogP contribution is -2.02. The summed E-state index contributed by atoms with van der Waals surface area (Å²) in [7, 11) is 0. The number of hydrogen-bond acceptors (Lipinski definition) is 3. The van der Waals surface area contributed by atoms with Crippen LogP contribution in [0.5, 0.6) is 5.75 Å². The van der Waals surface area contributed by atoms with Crippen LogP contribution >= 0.6 is 0 Å². The van der Waals surface area contributed by atoms with Gasteiger partial charge in [-0.25, -0.2) is 0 Å². The highest BCUT2D eigenvalue weighted by atomic mass is 16.5. The lowest BCUT2D eigenvalue weighted by molar-refractivity contribution is 0.201. The second-order valence-electron chi connectivity index (χ2n) is 4.29. The van der Waals surface area contributed by atoms with Crippen LogP contribution < -0.4 is 10.1 Å². The summed E-state index contributed by atoms with van der Waals surface area (Å²) in [5.41, 5.74) is 2.24. The topological polar surface area (TPSA) is 41.5 Å². The van der Waals surface area contributed by atoms with Gasteiger partial charge in [0.1, 0.15) is 12.4 Å². The molecule has 2 rings (SSSR count). The monoisotopic (exact) mass is 269 g/mol. The van der Waals surface area contributed by atoms with Crippen molar-refractivity contribution < 1.29 is 9.84 Å². The van der Waals surface area contributed by atoms with Crippen molar-refractivity contribution >= 4 is 11.8 Å². The summed E-state index contributed by atoms with van der Waals surface area (Å²) in [6.07, 6.45) is 4.18. The number of rotatable bonds is 7. The maximum absolute atomic E-state index is 8.67. The Hall–Kier alpha value is -2.26. The zero-order valence-corrected chi connectivity index (χ0v) is 11.3. The van der Waals surface area contributed by atoms with E-state index in [0.717, 1.165) is 18.0 Å². The van der Waals surface area contributed by atoms with Crippen molar-refractivity contribution in [3.63, 3.8) is 0 Å². The highest BCUT2D eigenvalue weighted by molar-refractivity contribution is 5.51. The highest BCUT2D eigenvalue weighted by Crippen LogP contribution is 2.15. The normalized spacial score (nSPS) is 10.7. The van der Waals surface area contributed by atoms with E-state index in [1.807, 2.05) is 42.5 Å². The maximum atomic E-state index is 8.67. The first-order valence-electron chi connectivity index (χ1n) is 6.67. The minimum Gasteiger partial charge on any atom is -0.491 e. The molecule has 0 aromatic heterocycles. The standard InChI is InChI=1S/C17H19NO2/c19-13-14-20-17-10-8-16(9-11-17)18-12-4-7-15-5-2-1-3-6-15/h1-11,18-19H,12-14H2/b7-4+. The Morgan fingerprint density at radius 2 is 1.75 bits per heavy atom. The Kier molecular flexibility index (Phi) is 5.68. The molecule has 0 heterocycles. The van der Waals surface area contributed by atoms with Gasteiger partial charge in [-0.3, -0.25) is 0 Å². The Bertz CT molecular complexity index is 520. The molecule has 2 N–H and O–H groups in total. The Morgan fingerprint density at radius 1 is 1.00 bits per heavy atom. The van der Waals surface area contributed by atoms with Crippen molar-refractivity contribution in [3.05, 3.63) is 66.2 Å². The molecule has 0 unspecified atom stereocenters. The highest BCUT2D eigenvalue weighted by Gasteiger charge is 1.93. The molecule has 0 aliphatic rings. The fourth-order valence-electron chi connectivity index (χ4n) is 1.77. The smallest absolute Gasteiger partial charge is 0.119 e. The van der Waals surface area contributed by atoms with E-state index in [1.54, 1.807) is 0 Å². The zero-order valence-electron chi connectivity index (χ0n) is 11.3. The minimum atomic E-state index is 0.0320. The number of hydrogen-bond donors (Lipinski definition) is 2. The van der Waals surface area contributed by atoms with Gasteiger partial charge in [0.2, 0.25) is 0 Å². The van der Waals surface area contributed by atoms with E-state index in [2.05, 4.69) is 29.6 Å². The van der Waals surface area contributed by atoms with Crippen molar-refractivity contribution in [2.24, 2.45) is 0 Å². The van der Waals surface area contributed by atoms with E-state index >= 15 is 0 Å². The van der Waals surface area contributed by atoms with Crippen molar-refractivity contribution in [3.8, 4) is 5.75 Å². The lowest BCUT2D eigenvalue weighted by atomic mass is 10.2. The summed E-state index contributed by atoms with van der Waals surface area (Å²) in [6.45, 7) is 1.13. The molecule has 0 radical (unpaired) electrons. The number of anilines is 1. The predicted octanol–water partition coefficient (Wildman–Crippen LogP) is 3.18. The van der Waals surface area contributed by atoms with Crippen molar-refractivity contribution in [1.82, 2.24) is 0 Å². The van der Waals surface area contributed by atoms with E-state index in [1.165, 1.54) is 5.56 Å². The molecule has 0 saturated carbocycles. The molecule has 0 spiro atoms. The SMILES string of the molecule is OCCOc1ccc(NC/C=C/c2ccccc2)cc1. The largest absolute Gasteiger partial charge is 0.491 e. The Morgan fingerprint density at radius 3 is 2.45 bits per heavy atom. The average molecular weight is 269 g/mol. The molecule has 2 aromatic carbocycles. The molecular weight excluding hydrogens is 250 g/mol. The van der Waals surface area contributed by atoms with Gasteiger partial charge in [-0.1, -0.05) is 42.5 Å². The summed E-state index contributed by atoms with van der Waals surface area (Å²) in [5, 5.41) is 12.0. The third-order valence-electron chi connectivity index (χ3n) is 2.75. The third kappa shape index (κ3) is 4.78. The molecular formula is C17H19NO2. The van der Waals surface area contributed by atoms with Crippen LogP contribution in [0.1, 0.15) is 5.56 Å². The number of aliphatic hydroxyl groups is 1. The fraction of sp³-hybridized carbons (Fsp3) is 0.176. The van der Waals surface area contributed by atoms with Gasteiger partial charge in [0, 0.05) is 12.2 Å². The number of aliphatic hydroxyl groups excluding tert-OH is 1. The molecule has 104 valence electrons. The molecule has 20 heavy (non-hydrogen) atoms. The van der Waals surface area contributed by atoms with Gasteiger partial charge >= 0.3 is 0 Å². The first-order chi connectivity index (χ1) is 9.88. The van der Waals surface area contributed by atoms with Gasteiger partial charge in [-0.15, -0.1) is 0 Å². The molecule has 0 amide bonds.